The van der Waals surface area contributed by atoms with Crippen LogP contribution in [-0.2, 0) is 57.3 Å². The molecule has 3 aromatic rings. The number of aliphatic hydroxyl groups excluding tert-OH is 1. The van der Waals surface area contributed by atoms with Crippen molar-refractivity contribution in [2.24, 2.45) is 0 Å². The van der Waals surface area contributed by atoms with E-state index in [0.29, 0.717) is 43.4 Å². The van der Waals surface area contributed by atoms with E-state index in [0.717, 1.165) is 11.1 Å². The number of ether oxygens (including phenoxy) is 7. The van der Waals surface area contributed by atoms with Crippen molar-refractivity contribution in [1.82, 2.24) is 16.0 Å². The molecule has 22 heteroatoms. The smallest absolute Gasteiger partial charge is 0.870 e. The van der Waals surface area contributed by atoms with Crippen molar-refractivity contribution < 1.29 is 107 Å². The number of phenols is 1. The Kier molecular flexibility index (Phi) is 36.9. The Morgan fingerprint density at radius 3 is 1.07 bits per heavy atom. The molecule has 0 saturated heterocycles. The number of esters is 2. The Balaban J connectivity index is -0.000000419. The minimum absolute atomic E-state index is 0. The van der Waals surface area contributed by atoms with Crippen molar-refractivity contribution in [1.29, 1.82) is 0 Å². The molecule has 0 atom stereocenters. The van der Waals surface area contributed by atoms with Crippen molar-refractivity contribution >= 4 is 36.2 Å². The van der Waals surface area contributed by atoms with Gasteiger partial charge in [0.1, 0.15) is 47.3 Å². The number of methoxy groups -OCH3 is 2. The van der Waals surface area contributed by atoms with E-state index in [2.05, 4.69) is 25.4 Å². The van der Waals surface area contributed by atoms with Crippen LogP contribution in [0.15, 0.2) is 72.8 Å². The summed E-state index contributed by atoms with van der Waals surface area (Å²) in [7, 11) is 2.71. The number of hydrogen-bond donors (Lipinski definition) is 6. The fourth-order valence-electron chi connectivity index (χ4n) is 4.42. The fourth-order valence-corrected chi connectivity index (χ4v) is 4.42. The second-order valence-corrected chi connectivity index (χ2v) is 16.7. The summed E-state index contributed by atoms with van der Waals surface area (Å²) in [6, 6.07) is 20.4. The van der Waals surface area contributed by atoms with Gasteiger partial charge >= 0.3 is 55.0 Å². The van der Waals surface area contributed by atoms with E-state index in [1.54, 1.807) is 123 Å². The van der Waals surface area contributed by atoms with E-state index in [1.165, 1.54) is 26.4 Å². The zero-order valence-corrected chi connectivity index (χ0v) is 41.9. The summed E-state index contributed by atoms with van der Waals surface area (Å²) < 4.78 is 35.1. The summed E-state index contributed by atoms with van der Waals surface area (Å²) in [6.45, 7) is 17.6. The van der Waals surface area contributed by atoms with E-state index >= 15 is 0 Å². The maximum atomic E-state index is 11.4. The number of carboxylic acid groups (broad SMARTS) is 1. The number of aliphatic hydroxyl groups is 1. The average Bonchev–Trinajstić information content (AvgIpc) is 3.21. The quantitative estimate of drug-likeness (QED) is 0.0518. The third-order valence-corrected chi connectivity index (χ3v) is 7.15. The maximum absolute atomic E-state index is 11.4. The third kappa shape index (κ3) is 41.7. The Labute approximate surface area is 416 Å². The topological polar surface area (TPSA) is 325 Å². The van der Waals surface area contributed by atoms with Crippen molar-refractivity contribution in [3.63, 3.8) is 0 Å². The number of aromatic hydroxyl groups is 1. The molecule has 0 aliphatic rings. The van der Waals surface area contributed by atoms with E-state index in [-0.39, 0.29) is 79.9 Å². The van der Waals surface area contributed by atoms with E-state index in [4.69, 9.17) is 39.0 Å². The Morgan fingerprint density at radius 2 is 0.797 bits per heavy atom. The van der Waals surface area contributed by atoms with Crippen LogP contribution >= 0.6 is 0 Å². The summed E-state index contributed by atoms with van der Waals surface area (Å²) in [5, 5.41) is 33.5. The second kappa shape index (κ2) is 36.8. The molecule has 3 aromatic carbocycles. The molecule has 0 heterocycles. The summed E-state index contributed by atoms with van der Waals surface area (Å²) in [4.78, 5) is 66.0. The normalized spacial score (nSPS) is 10.1. The number of carbonyl (C=O) groups excluding carboxylic acids is 5. The van der Waals surface area contributed by atoms with Gasteiger partial charge in [0.05, 0.1) is 53.2 Å². The van der Waals surface area contributed by atoms with Crippen LogP contribution in [0.4, 0.5) is 14.4 Å². The maximum Gasteiger partial charge on any atom is 1.00 e. The molecule has 3 rings (SSSR count). The van der Waals surface area contributed by atoms with E-state index in [1.807, 2.05) is 0 Å². The van der Waals surface area contributed by atoms with Gasteiger partial charge in [-0.25, -0.2) is 14.4 Å². The number of nitrogens with one attached hydrogen (secondary N) is 3. The number of hydrogen-bond acceptors (Lipinski definition) is 16. The number of carboxylic acids is 1. The van der Waals surface area contributed by atoms with Crippen molar-refractivity contribution in [2.45, 2.75) is 98.4 Å². The number of carbonyl (C=O) groups is 6. The Morgan fingerprint density at radius 1 is 0.507 bits per heavy atom. The van der Waals surface area contributed by atoms with Gasteiger partial charge < -0.3 is 75.4 Å². The van der Waals surface area contributed by atoms with E-state index < -0.39 is 41.1 Å². The third-order valence-electron chi connectivity index (χ3n) is 7.15. The molecule has 0 spiro atoms. The van der Waals surface area contributed by atoms with Crippen LogP contribution in [0, 0.1) is 0 Å². The minimum atomic E-state index is -0.870. The molecule has 0 bridgehead atoms. The van der Waals surface area contributed by atoms with Crippen molar-refractivity contribution in [3.8, 4) is 17.2 Å². The molecule has 0 radical (unpaired) electrons. The van der Waals surface area contributed by atoms with Gasteiger partial charge in [-0.3, -0.25) is 14.4 Å². The fraction of sp³-hybridized carbons (Fsp3) is 0.489. The summed E-state index contributed by atoms with van der Waals surface area (Å²) in [5.41, 5.74) is 0.887. The zero-order chi connectivity index (χ0) is 50.3. The molecule has 384 valence electrons. The standard InChI is InChI=1S/C16H23NO5.C15H21NO5.C9H10O3.C7H15NO3.Li.2H2O/c1-16(2,3)22-15(19)17-9-10-21-13-7-5-12(6-8-13)11-14(18)20-4;1-15(2,3)21-14(19)16-8-9-20-12-6-4-11(5-7-12)10-13(17)18;1-12-9(11)6-7-2-4-8(10)5-3-7;1-7(2,3)11-6(10)8-4-5-9;;;/h5-8H,9-11H2,1-4H3,(H,17,19);4-7H,8-10H2,1-3H3,(H,16,19)(H,17,18);2-5,10H,6H2,1H3;9H,4-5H2,1-3H3,(H,8,10);;2*1H2/q;;;;+1;;/p-1. The number of rotatable bonds is 16. The van der Waals surface area contributed by atoms with E-state index in [9.17, 15) is 28.8 Å². The number of phenolic OH excluding ortho intramolecular Hbond substituents is 1. The van der Waals surface area contributed by atoms with Crippen LogP contribution < -0.4 is 44.3 Å². The molecule has 0 fully saturated rings. The first-order valence-electron chi connectivity index (χ1n) is 20.8. The van der Waals surface area contributed by atoms with Crippen LogP contribution in [0.25, 0.3) is 0 Å². The molecule has 9 N–H and O–H groups in total. The second-order valence-electron chi connectivity index (χ2n) is 16.7. The molecule has 69 heavy (non-hydrogen) atoms. The number of benzene rings is 3. The first kappa shape index (κ1) is 69.3. The molecule has 0 aliphatic carbocycles. The molecule has 3 amide bonds. The van der Waals surface area contributed by atoms with Gasteiger partial charge in [-0.1, -0.05) is 36.4 Å². The van der Waals surface area contributed by atoms with Gasteiger partial charge in [-0.05, 0) is 115 Å². The predicted octanol–water partition coefficient (Wildman–Crippen LogP) is 2.14. The Bertz CT molecular complexity index is 1890. The van der Waals surface area contributed by atoms with Gasteiger partial charge in [0.25, 0.3) is 0 Å². The van der Waals surface area contributed by atoms with Crippen LogP contribution in [-0.4, -0.2) is 133 Å². The van der Waals surface area contributed by atoms with Crippen molar-refractivity contribution in [3.05, 3.63) is 89.5 Å². The number of amides is 3. The van der Waals surface area contributed by atoms with Crippen LogP contribution in [0.1, 0.15) is 79.0 Å². The monoisotopic (exact) mass is 973 g/mol. The summed E-state index contributed by atoms with van der Waals surface area (Å²) in [6.07, 6.45) is -0.979. The largest absolute Gasteiger partial charge is 1.00 e. The zero-order valence-electron chi connectivity index (χ0n) is 41.9. The molecular weight excluding hydrogens is 901 g/mol. The predicted molar refractivity (Wildman–Crippen MR) is 250 cm³/mol. The Hall–Kier alpha value is -6.24. The van der Waals surface area contributed by atoms with Crippen molar-refractivity contribution in [2.75, 3.05) is 53.7 Å². The SMILES string of the molecule is CC(C)(C)OC(=O)NCCO.CC(C)(C)OC(=O)NCCOc1ccc(CC(=O)O)cc1.COC(=O)Cc1ccc(O)cc1.COC(=O)Cc1ccc(OCCNC(=O)OC(C)(C)C)cc1.O.[Li+].[OH-]. The van der Waals surface area contributed by atoms with Gasteiger partial charge in [-0.15, -0.1) is 0 Å². The first-order valence-corrected chi connectivity index (χ1v) is 20.8. The van der Waals surface area contributed by atoms with Gasteiger partial charge in [0, 0.05) is 6.54 Å². The van der Waals surface area contributed by atoms with Gasteiger partial charge in [-0.2, -0.15) is 0 Å². The first-order chi connectivity index (χ1) is 30.7. The molecule has 21 nitrogen and oxygen atoms in total. The summed E-state index contributed by atoms with van der Waals surface area (Å²) in [5.74, 6) is 0.0551. The average molecular weight is 974 g/mol. The van der Waals surface area contributed by atoms with Crippen LogP contribution in [0.5, 0.6) is 17.2 Å². The molecule has 0 saturated carbocycles. The van der Waals surface area contributed by atoms with Crippen LogP contribution in [0.3, 0.4) is 0 Å². The van der Waals surface area contributed by atoms with Crippen LogP contribution in [0.2, 0.25) is 0 Å². The molecule has 0 unspecified atom stereocenters. The molecular formula is C47H72LiN3O18. The molecule has 0 aromatic heterocycles. The molecule has 0 aliphatic heterocycles. The summed E-state index contributed by atoms with van der Waals surface area (Å²) >= 11 is 0. The van der Waals surface area contributed by atoms with Gasteiger partial charge in [0.2, 0.25) is 0 Å². The van der Waals surface area contributed by atoms with Gasteiger partial charge in [0.15, 0.2) is 0 Å². The number of aliphatic carboxylic acids is 1. The number of alkyl carbamates (subject to hydrolysis) is 3. The minimum Gasteiger partial charge on any atom is -0.870 e.